The molecule has 0 aliphatic carbocycles. The van der Waals surface area contributed by atoms with Crippen LogP contribution in [-0.4, -0.2) is 28.8 Å². The van der Waals surface area contributed by atoms with Crippen LogP contribution in [0.1, 0.15) is 65.1 Å². The fraction of sp³-hybridized carbons (Fsp3) is 0.812. The van der Waals surface area contributed by atoms with Crippen LogP contribution >= 0.6 is 0 Å². The average Bonchev–Trinajstić information content (AvgIpc) is 2.97. The molecule has 20 heavy (non-hydrogen) atoms. The zero-order valence-corrected chi connectivity index (χ0v) is 13.6. The number of imidazole rings is 1. The number of aromatic nitrogens is 2. The van der Waals surface area contributed by atoms with Crippen LogP contribution in [0.2, 0.25) is 0 Å². The lowest BCUT2D eigenvalue weighted by atomic mass is 9.85. The van der Waals surface area contributed by atoms with Gasteiger partial charge in [-0.1, -0.05) is 13.8 Å². The molecule has 1 unspecified atom stereocenters. The van der Waals surface area contributed by atoms with Gasteiger partial charge in [-0.3, -0.25) is 0 Å². The van der Waals surface area contributed by atoms with Crippen LogP contribution in [0, 0.1) is 0 Å². The molecular weight excluding hydrogens is 250 g/mol. The van der Waals surface area contributed by atoms with E-state index < -0.39 is 0 Å². The Hall–Kier alpha value is -0.870. The summed E-state index contributed by atoms with van der Waals surface area (Å²) in [4.78, 5) is 4.39. The summed E-state index contributed by atoms with van der Waals surface area (Å²) >= 11 is 0. The van der Waals surface area contributed by atoms with Gasteiger partial charge in [0.05, 0.1) is 29.4 Å². The molecule has 0 radical (unpaired) electrons. The van der Waals surface area contributed by atoms with Crippen molar-refractivity contribution in [2.45, 2.75) is 70.6 Å². The fourth-order valence-electron chi connectivity index (χ4n) is 3.19. The molecular formula is C16H29N3O. The molecule has 114 valence electrons. The van der Waals surface area contributed by atoms with Crippen LogP contribution in [0.4, 0.5) is 0 Å². The quantitative estimate of drug-likeness (QED) is 0.899. The van der Waals surface area contributed by atoms with Crippen LogP contribution in [0.25, 0.3) is 0 Å². The second-order valence-corrected chi connectivity index (χ2v) is 6.45. The molecule has 4 heteroatoms. The van der Waals surface area contributed by atoms with Crippen molar-refractivity contribution < 1.29 is 4.74 Å². The molecule has 1 N–H and O–H groups in total. The third kappa shape index (κ3) is 2.77. The first kappa shape index (κ1) is 15.5. The highest BCUT2D eigenvalue weighted by molar-refractivity contribution is 5.12. The van der Waals surface area contributed by atoms with Crippen LogP contribution in [0.5, 0.6) is 0 Å². The monoisotopic (exact) mass is 279 g/mol. The summed E-state index contributed by atoms with van der Waals surface area (Å²) in [6.07, 6.45) is 8.30. The van der Waals surface area contributed by atoms with Crippen molar-refractivity contribution in [3.05, 3.63) is 18.2 Å². The van der Waals surface area contributed by atoms with Crippen molar-refractivity contribution in [1.82, 2.24) is 14.9 Å². The molecule has 1 aromatic rings. The lowest BCUT2D eigenvalue weighted by Gasteiger charge is -2.41. The minimum atomic E-state index is -0.0596. The molecule has 1 atom stereocenters. The molecule has 2 rings (SSSR count). The van der Waals surface area contributed by atoms with Crippen LogP contribution < -0.4 is 5.32 Å². The van der Waals surface area contributed by atoms with E-state index >= 15 is 0 Å². The van der Waals surface area contributed by atoms with Crippen molar-refractivity contribution in [3.63, 3.8) is 0 Å². The van der Waals surface area contributed by atoms with Crippen LogP contribution in [0.3, 0.4) is 0 Å². The standard InChI is InChI=1S/C16H29N3O/c1-6-16(7-2)10-13(8-9-20-16)19-12-18-11-14(19)15(3,4)17-5/h11-13,17H,6-10H2,1-5H3. The summed E-state index contributed by atoms with van der Waals surface area (Å²) in [5.74, 6) is 0. The highest BCUT2D eigenvalue weighted by Gasteiger charge is 2.36. The summed E-state index contributed by atoms with van der Waals surface area (Å²) < 4.78 is 8.45. The first-order valence-electron chi connectivity index (χ1n) is 7.83. The molecule has 0 spiro atoms. The zero-order valence-electron chi connectivity index (χ0n) is 13.6. The van der Waals surface area contributed by atoms with E-state index in [4.69, 9.17) is 4.74 Å². The maximum Gasteiger partial charge on any atom is 0.0951 e. The normalized spacial score (nSPS) is 22.9. The van der Waals surface area contributed by atoms with E-state index in [-0.39, 0.29) is 11.1 Å². The number of nitrogens with one attached hydrogen (secondary N) is 1. The SMILES string of the molecule is CCC1(CC)CC(n2cncc2C(C)(C)NC)CCO1. The van der Waals surface area contributed by atoms with Gasteiger partial charge in [0.2, 0.25) is 0 Å². The number of nitrogens with zero attached hydrogens (tertiary/aromatic N) is 2. The van der Waals surface area contributed by atoms with Crippen molar-refractivity contribution in [3.8, 4) is 0 Å². The summed E-state index contributed by atoms with van der Waals surface area (Å²) in [5, 5.41) is 3.38. The fourth-order valence-corrected chi connectivity index (χ4v) is 3.19. The lowest BCUT2D eigenvalue weighted by Crippen LogP contribution is -2.41. The molecule has 1 aromatic heterocycles. The Morgan fingerprint density at radius 3 is 2.75 bits per heavy atom. The highest BCUT2D eigenvalue weighted by atomic mass is 16.5. The third-order valence-electron chi connectivity index (χ3n) is 5.08. The Balaban J connectivity index is 2.26. The van der Waals surface area contributed by atoms with E-state index in [0.29, 0.717) is 6.04 Å². The molecule has 1 aliphatic rings. The number of hydrogen-bond donors (Lipinski definition) is 1. The molecule has 0 amide bonds. The van der Waals surface area contributed by atoms with Crippen molar-refractivity contribution in [2.75, 3.05) is 13.7 Å². The second-order valence-electron chi connectivity index (χ2n) is 6.45. The van der Waals surface area contributed by atoms with Gasteiger partial charge in [0.15, 0.2) is 0 Å². The van der Waals surface area contributed by atoms with E-state index in [1.165, 1.54) is 5.69 Å². The van der Waals surface area contributed by atoms with E-state index in [1.54, 1.807) is 0 Å². The summed E-state index contributed by atoms with van der Waals surface area (Å²) in [6.45, 7) is 9.72. The van der Waals surface area contributed by atoms with E-state index in [2.05, 4.69) is 42.6 Å². The Morgan fingerprint density at radius 2 is 2.15 bits per heavy atom. The predicted octanol–water partition coefficient (Wildman–Crippen LogP) is 3.25. The smallest absolute Gasteiger partial charge is 0.0951 e. The zero-order chi connectivity index (χ0) is 14.8. The van der Waals surface area contributed by atoms with Gasteiger partial charge in [0.25, 0.3) is 0 Å². The number of ether oxygens (including phenoxy) is 1. The highest BCUT2D eigenvalue weighted by Crippen LogP contribution is 2.38. The first-order valence-corrected chi connectivity index (χ1v) is 7.83. The van der Waals surface area contributed by atoms with E-state index in [1.807, 2.05) is 19.6 Å². The Morgan fingerprint density at radius 1 is 1.45 bits per heavy atom. The van der Waals surface area contributed by atoms with Gasteiger partial charge in [0, 0.05) is 12.6 Å². The molecule has 1 saturated heterocycles. The molecule has 1 fully saturated rings. The summed E-state index contributed by atoms with van der Waals surface area (Å²) in [6, 6.07) is 0.494. The minimum Gasteiger partial charge on any atom is -0.375 e. The third-order valence-corrected chi connectivity index (χ3v) is 5.08. The van der Waals surface area contributed by atoms with Crippen molar-refractivity contribution in [2.24, 2.45) is 0 Å². The maximum absolute atomic E-state index is 6.09. The molecule has 1 aliphatic heterocycles. The molecule has 2 heterocycles. The van der Waals surface area contributed by atoms with Gasteiger partial charge in [-0.25, -0.2) is 4.98 Å². The Kier molecular flexibility index (Phi) is 4.55. The number of hydrogen-bond acceptors (Lipinski definition) is 3. The summed E-state index contributed by atoms with van der Waals surface area (Å²) in [7, 11) is 2.00. The second kappa shape index (κ2) is 5.86. The van der Waals surface area contributed by atoms with Gasteiger partial charge in [-0.15, -0.1) is 0 Å². The summed E-state index contributed by atoms with van der Waals surface area (Å²) in [5.41, 5.74) is 1.25. The molecule has 0 saturated carbocycles. The molecule has 0 aromatic carbocycles. The van der Waals surface area contributed by atoms with Crippen molar-refractivity contribution >= 4 is 0 Å². The Labute approximate surface area is 122 Å². The lowest BCUT2D eigenvalue weighted by molar-refractivity contribution is -0.0992. The van der Waals surface area contributed by atoms with Crippen LogP contribution in [0.15, 0.2) is 12.5 Å². The molecule has 4 nitrogen and oxygen atoms in total. The largest absolute Gasteiger partial charge is 0.375 e. The Bertz CT molecular complexity index is 435. The van der Waals surface area contributed by atoms with Crippen molar-refractivity contribution in [1.29, 1.82) is 0 Å². The van der Waals surface area contributed by atoms with Gasteiger partial charge in [-0.2, -0.15) is 0 Å². The molecule has 0 bridgehead atoms. The maximum atomic E-state index is 6.09. The average molecular weight is 279 g/mol. The van der Waals surface area contributed by atoms with Gasteiger partial charge in [0.1, 0.15) is 0 Å². The predicted molar refractivity (Wildman–Crippen MR) is 81.8 cm³/mol. The van der Waals surface area contributed by atoms with E-state index in [9.17, 15) is 0 Å². The first-order chi connectivity index (χ1) is 9.48. The van der Waals surface area contributed by atoms with Gasteiger partial charge >= 0.3 is 0 Å². The number of rotatable bonds is 5. The van der Waals surface area contributed by atoms with Gasteiger partial charge < -0.3 is 14.6 Å². The minimum absolute atomic E-state index is 0.0498. The van der Waals surface area contributed by atoms with Crippen LogP contribution in [-0.2, 0) is 10.3 Å². The van der Waals surface area contributed by atoms with Gasteiger partial charge in [-0.05, 0) is 46.6 Å². The topological polar surface area (TPSA) is 39.1 Å². The van der Waals surface area contributed by atoms with E-state index in [0.717, 1.165) is 32.3 Å².